The molecule has 2 rings (SSSR count). The Balaban J connectivity index is 0.00000220. The topological polar surface area (TPSA) is 66.5 Å². The summed E-state index contributed by atoms with van der Waals surface area (Å²) in [6, 6.07) is 12.8. The smallest absolute Gasteiger partial charge is 0.133 e. The average molecular weight is 532 g/mol. The molecule has 2 aromatic carbocycles. The SMILES string of the molecule is Cl.N[C@@H](c1cc(I)cc(I)c1O)[C@H](O)Cc1ccccc1. The van der Waals surface area contributed by atoms with Crippen LogP contribution in [0.15, 0.2) is 42.5 Å². The van der Waals surface area contributed by atoms with Gasteiger partial charge in [0.15, 0.2) is 0 Å². The fourth-order valence-corrected chi connectivity index (χ4v) is 3.92. The first-order valence-electron chi connectivity index (χ1n) is 6.14. The molecule has 0 fully saturated rings. The number of aromatic hydroxyl groups is 1. The van der Waals surface area contributed by atoms with Crippen LogP contribution in [0.4, 0.5) is 0 Å². The van der Waals surface area contributed by atoms with Crippen molar-refractivity contribution in [2.24, 2.45) is 5.73 Å². The van der Waals surface area contributed by atoms with E-state index in [4.69, 9.17) is 5.73 Å². The highest BCUT2D eigenvalue weighted by atomic mass is 127. The van der Waals surface area contributed by atoms with Crippen molar-refractivity contribution in [3.8, 4) is 5.75 Å². The predicted molar refractivity (Wildman–Crippen MR) is 104 cm³/mol. The Morgan fingerprint density at radius 2 is 1.71 bits per heavy atom. The van der Waals surface area contributed by atoms with Gasteiger partial charge in [0.25, 0.3) is 0 Å². The monoisotopic (exact) mass is 531 g/mol. The quantitative estimate of drug-likeness (QED) is 0.528. The summed E-state index contributed by atoms with van der Waals surface area (Å²) in [6.45, 7) is 0. The number of hydrogen-bond acceptors (Lipinski definition) is 3. The first-order valence-corrected chi connectivity index (χ1v) is 8.30. The molecule has 0 amide bonds. The van der Waals surface area contributed by atoms with Crippen molar-refractivity contribution in [2.75, 3.05) is 0 Å². The summed E-state index contributed by atoms with van der Waals surface area (Å²) < 4.78 is 1.73. The van der Waals surface area contributed by atoms with Crippen molar-refractivity contribution >= 4 is 57.6 Å². The predicted octanol–water partition coefficient (Wildman–Crippen LogP) is 3.63. The second-order valence-electron chi connectivity index (χ2n) is 4.61. The third kappa shape index (κ3) is 4.95. The summed E-state index contributed by atoms with van der Waals surface area (Å²) in [4.78, 5) is 0. The molecule has 0 aliphatic heterocycles. The zero-order valence-corrected chi connectivity index (χ0v) is 16.2. The van der Waals surface area contributed by atoms with Gasteiger partial charge in [0, 0.05) is 15.6 Å². The van der Waals surface area contributed by atoms with Crippen LogP contribution >= 0.6 is 57.6 Å². The number of aliphatic hydroxyl groups excluding tert-OH is 1. The van der Waals surface area contributed by atoms with Crippen molar-refractivity contribution in [3.05, 3.63) is 60.7 Å². The first-order chi connectivity index (χ1) is 9.49. The Bertz CT molecular complexity index is 596. The van der Waals surface area contributed by atoms with E-state index in [2.05, 4.69) is 45.2 Å². The zero-order chi connectivity index (χ0) is 14.7. The number of phenols is 1. The molecule has 0 aliphatic rings. The number of rotatable bonds is 4. The van der Waals surface area contributed by atoms with Crippen molar-refractivity contribution in [1.29, 1.82) is 0 Å². The largest absolute Gasteiger partial charge is 0.506 e. The lowest BCUT2D eigenvalue weighted by atomic mass is 9.96. The van der Waals surface area contributed by atoms with E-state index in [1.165, 1.54) is 0 Å². The normalized spacial score (nSPS) is 13.3. The molecule has 4 N–H and O–H groups in total. The minimum atomic E-state index is -0.739. The highest BCUT2D eigenvalue weighted by Crippen LogP contribution is 2.32. The van der Waals surface area contributed by atoms with Crippen LogP contribution in [0.25, 0.3) is 0 Å². The summed E-state index contributed by atoms with van der Waals surface area (Å²) in [5.41, 5.74) is 7.72. The number of hydrogen-bond donors (Lipinski definition) is 3. The Hall–Kier alpha value is -0.0900. The van der Waals surface area contributed by atoms with E-state index in [1.54, 1.807) is 0 Å². The fraction of sp³-hybridized carbons (Fsp3) is 0.200. The molecular weight excluding hydrogens is 515 g/mol. The van der Waals surface area contributed by atoms with E-state index in [0.29, 0.717) is 12.0 Å². The van der Waals surface area contributed by atoms with Gasteiger partial charge in [-0.3, -0.25) is 0 Å². The molecule has 0 heterocycles. The van der Waals surface area contributed by atoms with Gasteiger partial charge in [-0.1, -0.05) is 30.3 Å². The molecule has 0 unspecified atom stereocenters. The van der Waals surface area contributed by atoms with E-state index in [9.17, 15) is 10.2 Å². The zero-order valence-electron chi connectivity index (χ0n) is 11.0. The number of phenolic OH excluding ortho intramolecular Hbond substituents is 1. The molecule has 3 nitrogen and oxygen atoms in total. The van der Waals surface area contributed by atoms with Crippen molar-refractivity contribution < 1.29 is 10.2 Å². The van der Waals surface area contributed by atoms with Gasteiger partial charge in [0.05, 0.1) is 15.7 Å². The van der Waals surface area contributed by atoms with E-state index < -0.39 is 12.1 Å². The highest BCUT2D eigenvalue weighted by molar-refractivity contribution is 14.1. The second-order valence-corrected chi connectivity index (χ2v) is 7.02. The van der Waals surface area contributed by atoms with Crippen LogP contribution in [0.3, 0.4) is 0 Å². The van der Waals surface area contributed by atoms with Crippen LogP contribution in [0.2, 0.25) is 0 Å². The number of benzene rings is 2. The van der Waals surface area contributed by atoms with E-state index in [-0.39, 0.29) is 18.2 Å². The molecule has 0 radical (unpaired) electrons. The van der Waals surface area contributed by atoms with E-state index >= 15 is 0 Å². The summed E-state index contributed by atoms with van der Waals surface area (Å²) in [5, 5.41) is 20.4. The van der Waals surface area contributed by atoms with E-state index in [0.717, 1.165) is 12.7 Å². The Morgan fingerprint density at radius 1 is 1.10 bits per heavy atom. The van der Waals surface area contributed by atoms with Crippen LogP contribution in [-0.2, 0) is 6.42 Å². The number of nitrogens with two attached hydrogens (primary N) is 1. The highest BCUT2D eigenvalue weighted by Gasteiger charge is 2.22. The van der Waals surface area contributed by atoms with Crippen LogP contribution in [0.1, 0.15) is 17.2 Å². The molecule has 0 saturated heterocycles. The molecule has 0 spiro atoms. The van der Waals surface area contributed by atoms with Gasteiger partial charge in [-0.2, -0.15) is 0 Å². The van der Waals surface area contributed by atoms with Crippen molar-refractivity contribution in [2.45, 2.75) is 18.6 Å². The molecular formula is C15H16ClI2NO2. The molecule has 2 atom stereocenters. The van der Waals surface area contributed by atoms with Gasteiger partial charge in [-0.05, 0) is 62.9 Å². The maximum atomic E-state index is 10.3. The third-order valence-corrected chi connectivity index (χ3v) is 4.56. The average Bonchev–Trinajstić information content (AvgIpc) is 2.43. The molecule has 21 heavy (non-hydrogen) atoms. The van der Waals surface area contributed by atoms with Crippen molar-refractivity contribution in [1.82, 2.24) is 0 Å². The molecule has 114 valence electrons. The summed E-state index contributed by atoms with van der Waals surface area (Å²) in [6.07, 6.45) is -0.277. The minimum absolute atomic E-state index is 0. The van der Waals surface area contributed by atoms with Crippen molar-refractivity contribution in [3.63, 3.8) is 0 Å². The standard InChI is InChI=1S/C15H15I2NO2.ClH/c16-10-7-11(15(20)12(17)8-10)14(18)13(19)6-9-4-2-1-3-5-9;/h1-5,7-8,13-14,19-20H,6,18H2;1H/t13-,14+;/m1./s1. The molecule has 0 aliphatic carbocycles. The third-order valence-electron chi connectivity index (χ3n) is 3.12. The second kappa shape index (κ2) is 8.52. The van der Waals surface area contributed by atoms with Gasteiger partial charge in [0.1, 0.15) is 5.75 Å². The minimum Gasteiger partial charge on any atom is -0.506 e. The van der Waals surface area contributed by atoms with Gasteiger partial charge in [0.2, 0.25) is 0 Å². The number of halogens is 3. The number of aliphatic hydroxyl groups is 1. The molecule has 6 heteroatoms. The summed E-state index contributed by atoms with van der Waals surface area (Å²) in [7, 11) is 0. The Morgan fingerprint density at radius 3 is 2.33 bits per heavy atom. The summed E-state index contributed by atoms with van der Waals surface area (Å²) >= 11 is 4.24. The van der Waals surface area contributed by atoms with Gasteiger partial charge < -0.3 is 15.9 Å². The summed E-state index contributed by atoms with van der Waals surface area (Å²) in [5.74, 6) is 0.158. The Labute approximate surface area is 157 Å². The molecule has 0 saturated carbocycles. The maximum absolute atomic E-state index is 10.3. The van der Waals surface area contributed by atoms with Crippen LogP contribution < -0.4 is 5.73 Å². The lowest BCUT2D eigenvalue weighted by Crippen LogP contribution is -2.28. The molecule has 2 aromatic rings. The first kappa shape index (κ1) is 19.0. The van der Waals surface area contributed by atoms with Gasteiger partial charge >= 0.3 is 0 Å². The maximum Gasteiger partial charge on any atom is 0.133 e. The van der Waals surface area contributed by atoms with Gasteiger partial charge in [-0.25, -0.2) is 0 Å². The molecule has 0 bridgehead atoms. The van der Waals surface area contributed by atoms with Crippen LogP contribution in [0, 0.1) is 7.14 Å². The lowest BCUT2D eigenvalue weighted by molar-refractivity contribution is 0.143. The van der Waals surface area contributed by atoms with Crippen LogP contribution in [0.5, 0.6) is 5.75 Å². The molecule has 0 aromatic heterocycles. The van der Waals surface area contributed by atoms with E-state index in [1.807, 2.05) is 42.5 Å². The Kier molecular flexibility index (Phi) is 7.69. The van der Waals surface area contributed by atoms with Crippen LogP contribution in [-0.4, -0.2) is 16.3 Å². The lowest BCUT2D eigenvalue weighted by Gasteiger charge is -2.21. The van der Waals surface area contributed by atoms with Gasteiger partial charge in [-0.15, -0.1) is 12.4 Å². The fourth-order valence-electron chi connectivity index (χ4n) is 2.03.